The van der Waals surface area contributed by atoms with Crippen LogP contribution in [0.15, 0.2) is 69.7 Å². The van der Waals surface area contributed by atoms with Crippen molar-refractivity contribution in [3.05, 3.63) is 60.2 Å². The van der Waals surface area contributed by atoms with Gasteiger partial charge in [0.05, 0.1) is 5.69 Å². The van der Waals surface area contributed by atoms with Gasteiger partial charge in [-0.15, -0.1) is 16.9 Å². The van der Waals surface area contributed by atoms with Crippen molar-refractivity contribution in [3.8, 4) is 0 Å². The summed E-state index contributed by atoms with van der Waals surface area (Å²) in [7, 11) is 0. The Balaban J connectivity index is 2.06. The predicted molar refractivity (Wildman–Crippen MR) is 134 cm³/mol. The van der Waals surface area contributed by atoms with E-state index in [4.69, 9.17) is 11.5 Å². The summed E-state index contributed by atoms with van der Waals surface area (Å²) in [5.41, 5.74) is 12.1. The third kappa shape index (κ3) is 10.6. The van der Waals surface area contributed by atoms with Crippen LogP contribution in [0.25, 0.3) is 0 Å². The number of carbonyl (C=O) groups excluding carboxylic acids is 2. The second-order valence-corrected chi connectivity index (χ2v) is 8.49. The number of carboxylic acid groups (broad SMARTS) is 1. The molecule has 8 N–H and O–H groups in total. The fraction of sp³-hybridized carbons (Fsp3) is 0.348. The minimum atomic E-state index is -1.19. The lowest BCUT2D eigenvalue weighted by molar-refractivity contribution is -0.142. The summed E-state index contributed by atoms with van der Waals surface area (Å²) in [5, 5.41) is 24.9. The summed E-state index contributed by atoms with van der Waals surface area (Å²) in [6, 6.07) is 13.2. The van der Waals surface area contributed by atoms with Crippen molar-refractivity contribution in [1.82, 2.24) is 16.0 Å². The SMILES string of the molecule is CSc1ccc(N=NC(=O)NC(Cc2ccccc2)C(=O)NC(CCCNC(N)N)C(=O)O)cc1. The molecule has 188 valence electrons. The number of hydrogen-bond donors (Lipinski definition) is 6. The maximum absolute atomic E-state index is 13.0. The lowest BCUT2D eigenvalue weighted by Crippen LogP contribution is -2.52. The van der Waals surface area contributed by atoms with Crippen LogP contribution in [0.2, 0.25) is 0 Å². The number of aliphatic carboxylic acids is 1. The van der Waals surface area contributed by atoms with Gasteiger partial charge in [-0.05, 0) is 55.5 Å². The summed E-state index contributed by atoms with van der Waals surface area (Å²) < 4.78 is 0. The van der Waals surface area contributed by atoms with Gasteiger partial charge in [0.2, 0.25) is 5.91 Å². The molecule has 2 aromatic rings. The lowest BCUT2D eigenvalue weighted by Gasteiger charge is -2.21. The average molecular weight is 502 g/mol. The number of rotatable bonds is 13. The predicted octanol–water partition coefficient (Wildman–Crippen LogP) is 1.95. The molecule has 0 saturated carbocycles. The average Bonchev–Trinajstić information content (AvgIpc) is 2.84. The molecule has 3 amide bonds. The molecule has 2 atom stereocenters. The van der Waals surface area contributed by atoms with E-state index in [1.54, 1.807) is 48.2 Å². The molecule has 11 nitrogen and oxygen atoms in total. The summed E-state index contributed by atoms with van der Waals surface area (Å²) in [4.78, 5) is 38.1. The third-order valence-corrected chi connectivity index (χ3v) is 5.63. The van der Waals surface area contributed by atoms with E-state index in [0.717, 1.165) is 10.5 Å². The van der Waals surface area contributed by atoms with Crippen LogP contribution >= 0.6 is 11.8 Å². The minimum Gasteiger partial charge on any atom is -0.480 e. The van der Waals surface area contributed by atoms with Crippen molar-refractivity contribution in [3.63, 3.8) is 0 Å². The first-order chi connectivity index (χ1) is 16.8. The number of nitrogens with zero attached hydrogens (tertiary/aromatic N) is 2. The Morgan fingerprint density at radius 1 is 1.00 bits per heavy atom. The smallest absolute Gasteiger partial charge is 0.360 e. The lowest BCUT2D eigenvalue weighted by atomic mass is 10.0. The normalized spacial score (nSPS) is 12.9. The molecule has 0 aromatic heterocycles. The highest BCUT2D eigenvalue weighted by molar-refractivity contribution is 7.98. The maximum Gasteiger partial charge on any atom is 0.360 e. The summed E-state index contributed by atoms with van der Waals surface area (Å²) in [6.45, 7) is 0.389. The highest BCUT2D eigenvalue weighted by Gasteiger charge is 2.26. The van der Waals surface area contributed by atoms with Gasteiger partial charge in [-0.3, -0.25) is 10.1 Å². The number of carboxylic acids is 1. The number of amides is 3. The van der Waals surface area contributed by atoms with Gasteiger partial charge >= 0.3 is 12.0 Å². The van der Waals surface area contributed by atoms with Gasteiger partial charge in [0.15, 0.2) is 0 Å². The van der Waals surface area contributed by atoms with Crippen LogP contribution in [-0.4, -0.2) is 54.2 Å². The van der Waals surface area contributed by atoms with Crippen molar-refractivity contribution in [2.45, 2.75) is 42.5 Å². The number of urea groups is 1. The third-order valence-electron chi connectivity index (χ3n) is 4.89. The van der Waals surface area contributed by atoms with E-state index in [1.165, 1.54) is 0 Å². The van der Waals surface area contributed by atoms with Crippen LogP contribution in [0.5, 0.6) is 0 Å². The Hall–Kier alpha value is -3.32. The van der Waals surface area contributed by atoms with Crippen molar-refractivity contribution in [2.24, 2.45) is 21.7 Å². The number of benzene rings is 2. The number of hydrogen-bond acceptors (Lipinski definition) is 8. The molecular formula is C23H31N7O4S. The summed E-state index contributed by atoms with van der Waals surface area (Å²) in [5.74, 6) is -1.83. The van der Waals surface area contributed by atoms with Crippen LogP contribution in [0, 0.1) is 0 Å². The van der Waals surface area contributed by atoms with E-state index in [-0.39, 0.29) is 12.8 Å². The monoisotopic (exact) mass is 501 g/mol. The van der Waals surface area contributed by atoms with Crippen LogP contribution in [0.4, 0.5) is 10.5 Å². The van der Waals surface area contributed by atoms with E-state index in [9.17, 15) is 19.5 Å². The Kier molecular flexibility index (Phi) is 11.8. The van der Waals surface area contributed by atoms with E-state index in [0.29, 0.717) is 18.7 Å². The zero-order valence-corrected chi connectivity index (χ0v) is 20.2. The minimum absolute atomic E-state index is 0.145. The first-order valence-corrected chi connectivity index (χ1v) is 12.2. The quantitative estimate of drug-likeness (QED) is 0.104. The second-order valence-electron chi connectivity index (χ2n) is 7.61. The van der Waals surface area contributed by atoms with Crippen molar-refractivity contribution in [1.29, 1.82) is 0 Å². The van der Waals surface area contributed by atoms with Crippen LogP contribution in [-0.2, 0) is 16.0 Å². The molecule has 0 fully saturated rings. The molecule has 0 radical (unpaired) electrons. The second kappa shape index (κ2) is 14.8. The van der Waals surface area contributed by atoms with Gasteiger partial charge in [-0.25, -0.2) is 9.59 Å². The van der Waals surface area contributed by atoms with Crippen molar-refractivity contribution >= 4 is 35.4 Å². The Labute approximate surface area is 208 Å². The zero-order chi connectivity index (χ0) is 25.6. The molecule has 12 heteroatoms. The summed E-state index contributed by atoms with van der Waals surface area (Å²) in [6.07, 6.45) is 1.95. The molecule has 0 saturated heterocycles. The molecule has 2 rings (SSSR count). The Bertz CT molecular complexity index is 987. The fourth-order valence-corrected chi connectivity index (χ4v) is 3.50. The molecule has 0 aliphatic carbocycles. The van der Waals surface area contributed by atoms with Crippen molar-refractivity contribution < 1.29 is 19.5 Å². The molecular weight excluding hydrogens is 470 g/mol. The fourth-order valence-electron chi connectivity index (χ4n) is 3.09. The number of thioether (sulfide) groups is 1. The molecule has 2 aromatic carbocycles. The molecule has 0 aliphatic heterocycles. The Morgan fingerprint density at radius 3 is 2.29 bits per heavy atom. The van der Waals surface area contributed by atoms with Crippen molar-refractivity contribution in [2.75, 3.05) is 12.8 Å². The van der Waals surface area contributed by atoms with E-state index >= 15 is 0 Å². The van der Waals surface area contributed by atoms with E-state index in [2.05, 4.69) is 26.2 Å². The summed E-state index contributed by atoms with van der Waals surface area (Å²) >= 11 is 1.58. The number of nitrogens with one attached hydrogen (secondary N) is 3. The number of nitrogens with two attached hydrogens (primary N) is 2. The van der Waals surface area contributed by atoms with Crippen LogP contribution < -0.4 is 27.4 Å². The first-order valence-electron chi connectivity index (χ1n) is 11.0. The van der Waals surface area contributed by atoms with Gasteiger partial charge < -0.3 is 27.2 Å². The highest BCUT2D eigenvalue weighted by Crippen LogP contribution is 2.19. The largest absolute Gasteiger partial charge is 0.480 e. The van der Waals surface area contributed by atoms with E-state index in [1.807, 2.05) is 24.5 Å². The molecule has 0 heterocycles. The van der Waals surface area contributed by atoms with Gasteiger partial charge in [-0.1, -0.05) is 35.4 Å². The molecule has 2 unspecified atom stereocenters. The van der Waals surface area contributed by atoms with Gasteiger partial charge in [-0.2, -0.15) is 0 Å². The number of azo groups is 1. The topological polar surface area (TPSA) is 184 Å². The van der Waals surface area contributed by atoms with Crippen LogP contribution in [0.1, 0.15) is 18.4 Å². The standard InChI is InChI=1S/C23H31N7O4S/c1-35-17-11-9-16(10-12-17)29-30-23(34)28-19(14-15-6-3-2-4-7-15)20(31)27-18(21(32)33)8-5-13-26-22(24)25/h2-4,6-7,9-12,18-19,22,26H,5,8,13-14,24-25H2,1H3,(H,27,31)(H,28,34)(H,32,33). The molecule has 0 aliphatic rings. The molecule has 0 bridgehead atoms. The Morgan fingerprint density at radius 2 is 1.69 bits per heavy atom. The van der Waals surface area contributed by atoms with Crippen LogP contribution in [0.3, 0.4) is 0 Å². The maximum atomic E-state index is 13.0. The molecule has 0 spiro atoms. The van der Waals surface area contributed by atoms with Gasteiger partial charge in [0, 0.05) is 11.3 Å². The number of carbonyl (C=O) groups is 3. The van der Waals surface area contributed by atoms with Gasteiger partial charge in [0.25, 0.3) is 0 Å². The first kappa shape index (κ1) is 27.9. The highest BCUT2D eigenvalue weighted by atomic mass is 32.2. The zero-order valence-electron chi connectivity index (χ0n) is 19.4. The van der Waals surface area contributed by atoms with E-state index < -0.39 is 36.3 Å². The van der Waals surface area contributed by atoms with Gasteiger partial charge in [0.1, 0.15) is 18.4 Å². The molecule has 35 heavy (non-hydrogen) atoms.